The monoisotopic (exact) mass is 368 g/mol. The van der Waals surface area contributed by atoms with Crippen LogP contribution in [0.1, 0.15) is 46.5 Å². The molecule has 0 aliphatic carbocycles. The molecular formula is C18H28N2O4S. The zero-order chi connectivity index (χ0) is 18.4. The van der Waals surface area contributed by atoms with Gasteiger partial charge >= 0.3 is 0 Å². The maximum absolute atomic E-state index is 12.9. The lowest BCUT2D eigenvalue weighted by Crippen LogP contribution is -2.28. The SMILES string of the molecule is CCOc1ccc(NC(=O)CCC(C)C)cc1S(=O)(=O)N1CCCC1. The molecular weight excluding hydrogens is 340 g/mol. The molecule has 25 heavy (non-hydrogen) atoms. The predicted octanol–water partition coefficient (Wildman–Crippen LogP) is 3.24. The van der Waals surface area contributed by atoms with Crippen LogP contribution in [0.5, 0.6) is 5.75 Å². The molecule has 0 saturated carbocycles. The third-order valence-electron chi connectivity index (χ3n) is 4.16. The van der Waals surface area contributed by atoms with E-state index in [1.54, 1.807) is 12.1 Å². The van der Waals surface area contributed by atoms with Gasteiger partial charge in [0.25, 0.3) is 0 Å². The van der Waals surface area contributed by atoms with Gasteiger partial charge in [0.2, 0.25) is 15.9 Å². The minimum Gasteiger partial charge on any atom is -0.492 e. The van der Waals surface area contributed by atoms with Gasteiger partial charge in [0.05, 0.1) is 6.61 Å². The second-order valence-corrected chi connectivity index (χ2v) is 8.59. The van der Waals surface area contributed by atoms with Crippen LogP contribution in [0.3, 0.4) is 0 Å². The van der Waals surface area contributed by atoms with Crippen LogP contribution < -0.4 is 10.1 Å². The van der Waals surface area contributed by atoms with E-state index < -0.39 is 10.0 Å². The highest BCUT2D eigenvalue weighted by atomic mass is 32.2. The minimum atomic E-state index is -3.62. The third-order valence-corrected chi connectivity index (χ3v) is 6.08. The summed E-state index contributed by atoms with van der Waals surface area (Å²) in [6.45, 7) is 7.37. The first-order chi connectivity index (χ1) is 11.8. The van der Waals surface area contributed by atoms with Crippen LogP contribution in [0, 0.1) is 5.92 Å². The summed E-state index contributed by atoms with van der Waals surface area (Å²) in [5.41, 5.74) is 0.481. The van der Waals surface area contributed by atoms with Crippen LogP contribution in [-0.4, -0.2) is 38.3 Å². The number of nitrogens with zero attached hydrogens (tertiary/aromatic N) is 1. The fourth-order valence-electron chi connectivity index (χ4n) is 2.77. The number of hydrogen-bond acceptors (Lipinski definition) is 4. The van der Waals surface area contributed by atoms with Crippen molar-refractivity contribution in [2.75, 3.05) is 25.0 Å². The number of anilines is 1. The number of rotatable bonds is 8. The maximum Gasteiger partial charge on any atom is 0.246 e. The van der Waals surface area contributed by atoms with Crippen molar-refractivity contribution < 1.29 is 17.9 Å². The Morgan fingerprint density at radius 2 is 1.96 bits per heavy atom. The molecule has 1 aromatic rings. The molecule has 0 atom stereocenters. The van der Waals surface area contributed by atoms with Gasteiger partial charge in [0.1, 0.15) is 10.6 Å². The van der Waals surface area contributed by atoms with Crippen molar-refractivity contribution in [3.8, 4) is 5.75 Å². The van der Waals surface area contributed by atoms with Gasteiger partial charge in [-0.15, -0.1) is 0 Å². The molecule has 0 aromatic heterocycles. The van der Waals surface area contributed by atoms with E-state index in [4.69, 9.17) is 4.74 Å². The van der Waals surface area contributed by atoms with Gasteiger partial charge in [-0.05, 0) is 50.3 Å². The summed E-state index contributed by atoms with van der Waals surface area (Å²) in [6, 6.07) is 4.80. The average Bonchev–Trinajstić information content (AvgIpc) is 3.10. The van der Waals surface area contributed by atoms with Gasteiger partial charge in [-0.2, -0.15) is 4.31 Å². The number of benzene rings is 1. The van der Waals surface area contributed by atoms with Crippen LogP contribution in [0.4, 0.5) is 5.69 Å². The van der Waals surface area contributed by atoms with E-state index in [0.717, 1.165) is 19.3 Å². The fourth-order valence-corrected chi connectivity index (χ4v) is 4.45. The maximum atomic E-state index is 12.9. The van der Waals surface area contributed by atoms with Crippen molar-refractivity contribution in [1.29, 1.82) is 0 Å². The molecule has 1 fully saturated rings. The molecule has 1 aromatic carbocycles. The first kappa shape index (κ1) is 19.7. The topological polar surface area (TPSA) is 75.7 Å². The van der Waals surface area contributed by atoms with Crippen molar-refractivity contribution >= 4 is 21.6 Å². The van der Waals surface area contributed by atoms with Gasteiger partial charge in [0.15, 0.2) is 0 Å². The van der Waals surface area contributed by atoms with Crippen molar-refractivity contribution in [3.63, 3.8) is 0 Å². The minimum absolute atomic E-state index is 0.109. The molecule has 1 heterocycles. The number of ether oxygens (including phenoxy) is 1. The van der Waals surface area contributed by atoms with E-state index in [1.165, 1.54) is 10.4 Å². The standard InChI is InChI=1S/C18H28N2O4S/c1-4-24-16-9-8-15(19-18(21)10-7-14(2)3)13-17(16)25(22,23)20-11-5-6-12-20/h8-9,13-14H,4-7,10-12H2,1-3H3,(H,19,21). The predicted molar refractivity (Wildman–Crippen MR) is 98.3 cm³/mol. The first-order valence-electron chi connectivity index (χ1n) is 8.91. The summed E-state index contributed by atoms with van der Waals surface area (Å²) >= 11 is 0. The smallest absolute Gasteiger partial charge is 0.246 e. The van der Waals surface area contributed by atoms with Crippen molar-refractivity contribution in [2.45, 2.75) is 51.3 Å². The quantitative estimate of drug-likeness (QED) is 0.764. The largest absolute Gasteiger partial charge is 0.492 e. The van der Waals surface area contributed by atoms with Crippen LogP contribution in [0.2, 0.25) is 0 Å². The van der Waals surface area contributed by atoms with Gasteiger partial charge in [-0.25, -0.2) is 8.42 Å². The molecule has 1 aliphatic heterocycles. The lowest BCUT2D eigenvalue weighted by Gasteiger charge is -2.19. The molecule has 1 saturated heterocycles. The van der Waals surface area contributed by atoms with Gasteiger partial charge < -0.3 is 10.1 Å². The summed E-state index contributed by atoms with van der Waals surface area (Å²) < 4.78 is 32.8. The van der Waals surface area contributed by atoms with Crippen LogP contribution in [0.25, 0.3) is 0 Å². The Kier molecular flexibility index (Phi) is 6.84. The third kappa shape index (κ3) is 5.19. The Bertz CT molecular complexity index is 695. The molecule has 0 radical (unpaired) electrons. The Balaban J connectivity index is 2.25. The first-order valence-corrected chi connectivity index (χ1v) is 10.4. The second kappa shape index (κ2) is 8.67. The zero-order valence-electron chi connectivity index (χ0n) is 15.2. The Labute approximate surface area is 150 Å². The summed E-state index contributed by atoms with van der Waals surface area (Å²) in [7, 11) is -3.62. The zero-order valence-corrected chi connectivity index (χ0v) is 16.1. The molecule has 1 N–H and O–H groups in total. The molecule has 7 heteroatoms. The fraction of sp³-hybridized carbons (Fsp3) is 0.611. The van der Waals surface area contributed by atoms with Gasteiger partial charge in [0, 0.05) is 25.2 Å². The van der Waals surface area contributed by atoms with Crippen LogP contribution in [0.15, 0.2) is 23.1 Å². The van der Waals surface area contributed by atoms with Gasteiger partial charge in [-0.3, -0.25) is 4.79 Å². The lowest BCUT2D eigenvalue weighted by molar-refractivity contribution is -0.116. The molecule has 0 bridgehead atoms. The molecule has 6 nitrogen and oxygen atoms in total. The van der Waals surface area contributed by atoms with Crippen molar-refractivity contribution in [1.82, 2.24) is 4.31 Å². The van der Waals surface area contributed by atoms with E-state index >= 15 is 0 Å². The Hall–Kier alpha value is -1.60. The number of amides is 1. The summed E-state index contributed by atoms with van der Waals surface area (Å²) in [4.78, 5) is 12.2. The van der Waals surface area contributed by atoms with Crippen molar-refractivity contribution in [2.24, 2.45) is 5.92 Å². The van der Waals surface area contributed by atoms with Crippen LogP contribution in [-0.2, 0) is 14.8 Å². The molecule has 1 aliphatic rings. The van der Waals surface area contributed by atoms with E-state index in [0.29, 0.717) is 43.5 Å². The van der Waals surface area contributed by atoms with E-state index in [9.17, 15) is 13.2 Å². The summed E-state index contributed by atoms with van der Waals surface area (Å²) in [5.74, 6) is 0.661. The number of sulfonamides is 1. The highest BCUT2D eigenvalue weighted by molar-refractivity contribution is 7.89. The summed E-state index contributed by atoms with van der Waals surface area (Å²) in [5, 5.41) is 2.79. The van der Waals surface area contributed by atoms with Crippen LogP contribution >= 0.6 is 0 Å². The van der Waals surface area contributed by atoms with E-state index in [2.05, 4.69) is 19.2 Å². The van der Waals surface area contributed by atoms with Crippen molar-refractivity contribution in [3.05, 3.63) is 18.2 Å². The molecule has 140 valence electrons. The number of carbonyl (C=O) groups is 1. The Morgan fingerprint density at radius 1 is 1.28 bits per heavy atom. The normalized spacial score (nSPS) is 15.5. The molecule has 2 rings (SSSR count). The number of hydrogen-bond donors (Lipinski definition) is 1. The molecule has 0 spiro atoms. The lowest BCUT2D eigenvalue weighted by atomic mass is 10.1. The number of nitrogens with one attached hydrogen (secondary N) is 1. The number of carbonyl (C=O) groups excluding carboxylic acids is 1. The Morgan fingerprint density at radius 3 is 2.56 bits per heavy atom. The van der Waals surface area contributed by atoms with E-state index in [1.807, 2.05) is 6.92 Å². The van der Waals surface area contributed by atoms with E-state index in [-0.39, 0.29) is 10.8 Å². The summed E-state index contributed by atoms with van der Waals surface area (Å²) in [6.07, 6.45) is 2.95. The highest BCUT2D eigenvalue weighted by Gasteiger charge is 2.30. The molecule has 0 unspecified atom stereocenters. The average molecular weight is 368 g/mol. The van der Waals surface area contributed by atoms with Gasteiger partial charge in [-0.1, -0.05) is 13.8 Å². The highest BCUT2D eigenvalue weighted by Crippen LogP contribution is 2.31. The second-order valence-electron chi connectivity index (χ2n) is 6.69. The molecule has 1 amide bonds.